The Kier molecular flexibility index (Phi) is 3.98. The summed E-state index contributed by atoms with van der Waals surface area (Å²) >= 11 is 12.1. The molecule has 0 bridgehead atoms. The molecule has 2 aromatic carbocycles. The van der Waals surface area contributed by atoms with E-state index in [1.54, 1.807) is 36.4 Å². The Labute approximate surface area is 120 Å². The fourth-order valence-corrected chi connectivity index (χ4v) is 2.19. The Morgan fingerprint density at radius 1 is 1.16 bits per heavy atom. The van der Waals surface area contributed by atoms with Gasteiger partial charge in [-0.3, -0.25) is 0 Å². The van der Waals surface area contributed by atoms with Gasteiger partial charge >= 0.3 is 5.97 Å². The molecule has 3 nitrogen and oxygen atoms in total. The minimum atomic E-state index is -1.01. The topological polar surface area (TPSA) is 49.3 Å². The fraction of sp³-hybridized carbons (Fsp3) is 0.0714. The molecule has 2 N–H and O–H groups in total. The van der Waals surface area contributed by atoms with Crippen molar-refractivity contribution in [3.63, 3.8) is 0 Å². The number of anilines is 2. The molecule has 0 aliphatic carbocycles. The van der Waals surface area contributed by atoms with Crippen LogP contribution in [0.3, 0.4) is 0 Å². The van der Waals surface area contributed by atoms with Crippen LogP contribution < -0.4 is 5.32 Å². The van der Waals surface area contributed by atoms with Crippen molar-refractivity contribution in [2.75, 3.05) is 5.32 Å². The van der Waals surface area contributed by atoms with Crippen molar-refractivity contribution in [2.45, 2.75) is 6.92 Å². The van der Waals surface area contributed by atoms with Gasteiger partial charge in [0, 0.05) is 0 Å². The first-order valence-electron chi connectivity index (χ1n) is 5.54. The number of nitrogens with one attached hydrogen (secondary N) is 1. The van der Waals surface area contributed by atoms with Gasteiger partial charge in [-0.25, -0.2) is 4.79 Å². The van der Waals surface area contributed by atoms with Gasteiger partial charge in [-0.1, -0.05) is 35.3 Å². The van der Waals surface area contributed by atoms with Gasteiger partial charge < -0.3 is 10.4 Å². The van der Waals surface area contributed by atoms with Crippen LogP contribution in [0.4, 0.5) is 11.4 Å². The number of carbonyl (C=O) groups is 1. The average Bonchev–Trinajstić information content (AvgIpc) is 2.33. The Hall–Kier alpha value is -1.71. The average molecular weight is 296 g/mol. The summed E-state index contributed by atoms with van der Waals surface area (Å²) < 4.78 is 0. The zero-order valence-corrected chi connectivity index (χ0v) is 11.6. The third-order valence-corrected chi connectivity index (χ3v) is 3.26. The summed E-state index contributed by atoms with van der Waals surface area (Å²) in [6.07, 6.45) is 0. The summed E-state index contributed by atoms with van der Waals surface area (Å²) in [5, 5.41) is 13.0. The molecule has 0 aliphatic rings. The molecule has 98 valence electrons. The number of aromatic carboxylic acids is 1. The van der Waals surface area contributed by atoms with E-state index < -0.39 is 5.97 Å². The number of hydrogen-bond donors (Lipinski definition) is 2. The highest BCUT2D eigenvalue weighted by atomic mass is 35.5. The lowest BCUT2D eigenvalue weighted by Gasteiger charge is -2.13. The molecular formula is C14H11Cl2NO2. The molecule has 0 saturated heterocycles. The number of aryl methyl sites for hydroxylation is 1. The lowest BCUT2D eigenvalue weighted by molar-refractivity contribution is 0.0698. The van der Waals surface area contributed by atoms with E-state index in [2.05, 4.69) is 5.32 Å². The largest absolute Gasteiger partial charge is 0.478 e. The molecule has 2 rings (SSSR count). The highest BCUT2D eigenvalue weighted by Gasteiger charge is 2.13. The summed E-state index contributed by atoms with van der Waals surface area (Å²) in [6.45, 7) is 1.88. The van der Waals surface area contributed by atoms with Gasteiger partial charge in [-0.2, -0.15) is 0 Å². The summed E-state index contributed by atoms with van der Waals surface area (Å²) in [7, 11) is 0. The van der Waals surface area contributed by atoms with Gasteiger partial charge in [-0.15, -0.1) is 0 Å². The SMILES string of the molecule is Cc1ccc(C(=O)O)c(Nc2c(Cl)cccc2Cl)c1. The monoisotopic (exact) mass is 295 g/mol. The Balaban J connectivity index is 2.49. The highest BCUT2D eigenvalue weighted by molar-refractivity contribution is 6.39. The molecule has 0 atom stereocenters. The predicted molar refractivity (Wildman–Crippen MR) is 77.9 cm³/mol. The van der Waals surface area contributed by atoms with Crippen molar-refractivity contribution in [3.05, 3.63) is 57.6 Å². The van der Waals surface area contributed by atoms with Crippen LogP contribution in [0.5, 0.6) is 0 Å². The van der Waals surface area contributed by atoms with Gasteiger partial charge in [0.2, 0.25) is 0 Å². The first-order valence-corrected chi connectivity index (χ1v) is 6.29. The highest BCUT2D eigenvalue weighted by Crippen LogP contribution is 2.33. The molecule has 0 aliphatic heterocycles. The molecule has 0 unspecified atom stereocenters. The summed E-state index contributed by atoms with van der Waals surface area (Å²) in [5.41, 5.74) is 2.07. The lowest BCUT2D eigenvalue weighted by atomic mass is 10.1. The van der Waals surface area contributed by atoms with E-state index in [0.29, 0.717) is 21.4 Å². The van der Waals surface area contributed by atoms with Crippen LogP contribution in [0, 0.1) is 6.92 Å². The molecule has 2 aromatic rings. The first-order chi connectivity index (χ1) is 8.99. The van der Waals surface area contributed by atoms with Gasteiger partial charge in [-0.05, 0) is 36.8 Å². The number of carboxylic acids is 1. The number of para-hydroxylation sites is 1. The second-order valence-corrected chi connectivity index (χ2v) is 4.89. The fourth-order valence-electron chi connectivity index (χ4n) is 1.70. The van der Waals surface area contributed by atoms with Gasteiger partial charge in [0.05, 0.1) is 27.0 Å². The molecule has 0 fully saturated rings. The van der Waals surface area contributed by atoms with Crippen molar-refractivity contribution in [1.82, 2.24) is 0 Å². The lowest BCUT2D eigenvalue weighted by Crippen LogP contribution is -2.03. The molecular weight excluding hydrogens is 285 g/mol. The maximum Gasteiger partial charge on any atom is 0.337 e. The second kappa shape index (κ2) is 5.51. The molecule has 0 spiro atoms. The quantitative estimate of drug-likeness (QED) is 0.859. The van der Waals surface area contributed by atoms with E-state index >= 15 is 0 Å². The Bertz CT molecular complexity index is 621. The minimum absolute atomic E-state index is 0.168. The number of hydrogen-bond acceptors (Lipinski definition) is 2. The van der Waals surface area contributed by atoms with Gasteiger partial charge in [0.25, 0.3) is 0 Å². The van der Waals surface area contributed by atoms with Crippen LogP contribution in [0.2, 0.25) is 10.0 Å². The molecule has 0 radical (unpaired) electrons. The summed E-state index contributed by atoms with van der Waals surface area (Å²) in [6, 6.07) is 10.1. The van der Waals surface area contributed by atoms with Crippen LogP contribution in [-0.2, 0) is 0 Å². The van der Waals surface area contributed by atoms with Crippen molar-refractivity contribution < 1.29 is 9.90 Å². The minimum Gasteiger partial charge on any atom is -0.478 e. The normalized spacial score (nSPS) is 10.3. The Morgan fingerprint density at radius 3 is 2.37 bits per heavy atom. The number of rotatable bonds is 3. The Morgan fingerprint density at radius 2 is 1.79 bits per heavy atom. The maximum absolute atomic E-state index is 11.2. The van der Waals surface area contributed by atoms with Crippen LogP contribution >= 0.6 is 23.2 Å². The van der Waals surface area contributed by atoms with E-state index in [1.165, 1.54) is 0 Å². The van der Waals surface area contributed by atoms with Gasteiger partial charge in [0.1, 0.15) is 0 Å². The third-order valence-electron chi connectivity index (χ3n) is 2.63. The number of carboxylic acid groups (broad SMARTS) is 1. The predicted octanol–water partition coefficient (Wildman–Crippen LogP) is 4.74. The van der Waals surface area contributed by atoms with E-state index in [-0.39, 0.29) is 5.56 Å². The second-order valence-electron chi connectivity index (χ2n) is 4.08. The van der Waals surface area contributed by atoms with Crippen molar-refractivity contribution >= 4 is 40.5 Å². The molecule has 0 aromatic heterocycles. The van der Waals surface area contributed by atoms with E-state index in [4.69, 9.17) is 28.3 Å². The molecule has 5 heteroatoms. The van der Waals surface area contributed by atoms with E-state index in [9.17, 15) is 4.79 Å². The van der Waals surface area contributed by atoms with Gasteiger partial charge in [0.15, 0.2) is 0 Å². The van der Waals surface area contributed by atoms with Crippen LogP contribution in [0.1, 0.15) is 15.9 Å². The molecule has 0 saturated carbocycles. The maximum atomic E-state index is 11.2. The standard InChI is InChI=1S/C14H11Cl2NO2/c1-8-5-6-9(14(18)19)12(7-8)17-13-10(15)3-2-4-11(13)16/h2-7,17H,1H3,(H,18,19). The van der Waals surface area contributed by atoms with Crippen molar-refractivity contribution in [3.8, 4) is 0 Å². The number of benzene rings is 2. The van der Waals surface area contributed by atoms with Crippen LogP contribution in [0.15, 0.2) is 36.4 Å². The van der Waals surface area contributed by atoms with Crippen molar-refractivity contribution in [2.24, 2.45) is 0 Å². The number of halogens is 2. The van der Waals surface area contributed by atoms with Crippen LogP contribution in [-0.4, -0.2) is 11.1 Å². The van der Waals surface area contributed by atoms with E-state index in [1.807, 2.05) is 6.92 Å². The molecule has 0 heterocycles. The smallest absolute Gasteiger partial charge is 0.337 e. The zero-order valence-electron chi connectivity index (χ0n) is 10.1. The summed E-state index contributed by atoms with van der Waals surface area (Å²) in [4.78, 5) is 11.2. The third kappa shape index (κ3) is 3.00. The zero-order chi connectivity index (χ0) is 14.0. The van der Waals surface area contributed by atoms with E-state index in [0.717, 1.165) is 5.56 Å². The van der Waals surface area contributed by atoms with Crippen LogP contribution in [0.25, 0.3) is 0 Å². The first kappa shape index (κ1) is 13.7. The summed E-state index contributed by atoms with van der Waals surface area (Å²) in [5.74, 6) is -1.01. The van der Waals surface area contributed by atoms with Crippen molar-refractivity contribution in [1.29, 1.82) is 0 Å². The molecule has 0 amide bonds. The molecule has 19 heavy (non-hydrogen) atoms.